The van der Waals surface area contributed by atoms with E-state index in [1.54, 1.807) is 0 Å². The first-order valence-electron chi connectivity index (χ1n) is 3.56. The van der Waals surface area contributed by atoms with Crippen LogP contribution in [0.4, 0.5) is 0 Å². The van der Waals surface area contributed by atoms with Gasteiger partial charge in [0.2, 0.25) is 0 Å². The Morgan fingerprint density at radius 1 is 1.50 bits per heavy atom. The number of ketones is 1. The minimum Gasteiger partial charge on any atom is -0.297 e. The fraction of sp³-hybridized carbons (Fsp3) is 0.625. The summed E-state index contributed by atoms with van der Waals surface area (Å²) in [6.45, 7) is 3.82. The molecule has 1 saturated carbocycles. The van der Waals surface area contributed by atoms with E-state index in [1.807, 2.05) is 13.8 Å². The Morgan fingerprint density at radius 3 is 2.17 bits per heavy atom. The average Bonchev–Trinajstić information content (AvgIpc) is 1.85. The van der Waals surface area contributed by atoms with Gasteiger partial charge in [-0.25, -0.2) is 0 Å². The largest absolute Gasteiger partial charge is 0.297 e. The maximum atomic E-state index is 11.2. The first-order valence-corrected chi connectivity index (χ1v) is 4.69. The predicted octanol–water partition coefficient (Wildman–Crippen LogP) is 3.28. The van der Waals surface area contributed by atoms with Crippen molar-refractivity contribution in [3.63, 3.8) is 0 Å². The third kappa shape index (κ3) is 1.39. The van der Waals surface area contributed by atoms with Gasteiger partial charge in [0.1, 0.15) is 9.37 Å². The highest BCUT2D eigenvalue weighted by atomic mass is 35.5. The lowest BCUT2D eigenvalue weighted by Crippen LogP contribution is -2.57. The van der Waals surface area contributed by atoms with E-state index in [1.165, 1.54) is 6.08 Å². The smallest absolute Gasteiger partial charge is 0.158 e. The van der Waals surface area contributed by atoms with E-state index in [2.05, 4.69) is 0 Å². The van der Waals surface area contributed by atoms with Crippen LogP contribution in [0.3, 0.4) is 0 Å². The second-order valence-electron chi connectivity index (χ2n) is 3.63. The molecular formula is C8H9Cl3O. The van der Waals surface area contributed by atoms with Gasteiger partial charge in [0.15, 0.2) is 5.78 Å². The number of hydrogen-bond donors (Lipinski definition) is 0. The van der Waals surface area contributed by atoms with Crippen molar-refractivity contribution in [1.82, 2.24) is 0 Å². The monoisotopic (exact) mass is 226 g/mol. The van der Waals surface area contributed by atoms with Crippen molar-refractivity contribution in [3.05, 3.63) is 10.6 Å². The van der Waals surface area contributed by atoms with Gasteiger partial charge in [-0.05, 0) is 6.08 Å². The second kappa shape index (κ2) is 2.90. The number of halogens is 3. The molecule has 0 saturated heterocycles. The van der Waals surface area contributed by atoms with Crippen LogP contribution in [-0.4, -0.2) is 10.7 Å². The van der Waals surface area contributed by atoms with Crippen LogP contribution >= 0.6 is 34.8 Å². The van der Waals surface area contributed by atoms with Crippen molar-refractivity contribution < 1.29 is 4.79 Å². The lowest BCUT2D eigenvalue weighted by Gasteiger charge is -2.48. The van der Waals surface area contributed by atoms with Gasteiger partial charge >= 0.3 is 0 Å². The zero-order valence-corrected chi connectivity index (χ0v) is 9.09. The molecule has 0 aromatic carbocycles. The Bertz CT molecular complexity index is 253. The molecule has 0 heterocycles. The van der Waals surface area contributed by atoms with Crippen LogP contribution in [0.1, 0.15) is 20.3 Å². The molecule has 0 N–H and O–H groups in total. The lowest BCUT2D eigenvalue weighted by atomic mass is 9.61. The highest BCUT2D eigenvalue weighted by molar-refractivity contribution is 6.56. The summed E-state index contributed by atoms with van der Waals surface area (Å²) in [6.07, 6.45) is 1.89. The maximum absolute atomic E-state index is 11.2. The van der Waals surface area contributed by atoms with Gasteiger partial charge in [0.05, 0.1) is 0 Å². The molecular weight excluding hydrogens is 218 g/mol. The molecule has 0 amide bonds. The quantitative estimate of drug-likeness (QED) is 0.628. The number of alkyl halides is 1. The normalized spacial score (nSPS) is 32.6. The molecule has 68 valence electrons. The van der Waals surface area contributed by atoms with E-state index in [0.29, 0.717) is 6.42 Å². The molecule has 1 fully saturated rings. The molecule has 1 aliphatic rings. The van der Waals surface area contributed by atoms with Crippen molar-refractivity contribution in [2.75, 3.05) is 0 Å². The highest BCUT2D eigenvalue weighted by Gasteiger charge is 2.58. The predicted molar refractivity (Wildman–Crippen MR) is 51.8 cm³/mol. The summed E-state index contributed by atoms with van der Waals surface area (Å²) in [7, 11) is 0. The van der Waals surface area contributed by atoms with Crippen molar-refractivity contribution in [2.45, 2.75) is 25.1 Å². The Balaban J connectivity index is 2.97. The van der Waals surface area contributed by atoms with Crippen molar-refractivity contribution in [1.29, 1.82) is 0 Å². The van der Waals surface area contributed by atoms with E-state index < -0.39 is 4.87 Å². The van der Waals surface area contributed by atoms with Crippen LogP contribution in [-0.2, 0) is 4.79 Å². The van der Waals surface area contributed by atoms with Crippen LogP contribution in [0.5, 0.6) is 0 Å². The van der Waals surface area contributed by atoms with Crippen LogP contribution < -0.4 is 0 Å². The number of hydrogen-bond acceptors (Lipinski definition) is 1. The molecule has 1 nitrogen and oxygen atoms in total. The van der Waals surface area contributed by atoms with Gasteiger partial charge in [-0.15, -0.1) is 11.6 Å². The minimum atomic E-state index is -0.994. The molecule has 0 aromatic heterocycles. The number of Topliss-reactive ketones (excluding diaryl/α,β-unsaturated/α-hetero) is 1. The minimum absolute atomic E-state index is 0.0204. The van der Waals surface area contributed by atoms with Crippen molar-refractivity contribution in [3.8, 4) is 0 Å². The van der Waals surface area contributed by atoms with E-state index >= 15 is 0 Å². The molecule has 0 bridgehead atoms. The molecule has 0 spiro atoms. The van der Waals surface area contributed by atoms with Gasteiger partial charge in [-0.3, -0.25) is 4.79 Å². The third-order valence-corrected chi connectivity index (χ3v) is 3.35. The lowest BCUT2D eigenvalue weighted by molar-refractivity contribution is -0.134. The van der Waals surface area contributed by atoms with E-state index in [-0.39, 0.29) is 15.7 Å². The van der Waals surface area contributed by atoms with Crippen LogP contribution in [0.15, 0.2) is 10.6 Å². The third-order valence-electron chi connectivity index (χ3n) is 2.30. The van der Waals surface area contributed by atoms with E-state index in [0.717, 1.165) is 0 Å². The summed E-state index contributed by atoms with van der Waals surface area (Å²) in [5.41, 5.74) is -0.249. The molecule has 4 heteroatoms. The Hall–Kier alpha value is 0.280. The molecule has 0 radical (unpaired) electrons. The van der Waals surface area contributed by atoms with E-state index in [9.17, 15) is 4.79 Å². The zero-order chi connectivity index (χ0) is 9.57. The van der Waals surface area contributed by atoms with Gasteiger partial charge in [0, 0.05) is 11.8 Å². The molecule has 0 aromatic rings. The first-order chi connectivity index (χ1) is 5.29. The average molecular weight is 228 g/mol. The van der Waals surface area contributed by atoms with Crippen molar-refractivity contribution >= 4 is 40.6 Å². The topological polar surface area (TPSA) is 17.1 Å². The molecule has 1 aliphatic carbocycles. The first kappa shape index (κ1) is 10.4. The summed E-state index contributed by atoms with van der Waals surface area (Å²) in [5.74, 6) is -0.0204. The summed E-state index contributed by atoms with van der Waals surface area (Å²) in [4.78, 5) is 10.2. The molecule has 1 unspecified atom stereocenters. The standard InChI is InChI=1S/C8H9Cl3O/c1-7(2)3-5(12)8(7,11)4-6(9)10/h4H,3H2,1-2H3. The van der Waals surface area contributed by atoms with Crippen LogP contribution in [0.25, 0.3) is 0 Å². The number of allylic oxidation sites excluding steroid dienone is 1. The molecule has 1 atom stereocenters. The van der Waals surface area contributed by atoms with Crippen LogP contribution in [0, 0.1) is 5.41 Å². The Morgan fingerprint density at radius 2 is 2.00 bits per heavy atom. The molecule has 12 heavy (non-hydrogen) atoms. The number of carbonyl (C=O) groups is 1. The van der Waals surface area contributed by atoms with Crippen molar-refractivity contribution in [2.24, 2.45) is 5.41 Å². The number of rotatable bonds is 1. The van der Waals surface area contributed by atoms with Crippen LogP contribution in [0.2, 0.25) is 0 Å². The van der Waals surface area contributed by atoms with E-state index in [4.69, 9.17) is 34.8 Å². The van der Waals surface area contributed by atoms with Gasteiger partial charge in [0.25, 0.3) is 0 Å². The maximum Gasteiger partial charge on any atom is 0.158 e. The summed E-state index contributed by atoms with van der Waals surface area (Å²) in [6, 6.07) is 0. The van der Waals surface area contributed by atoms with Gasteiger partial charge < -0.3 is 0 Å². The fourth-order valence-corrected chi connectivity index (χ4v) is 2.04. The highest BCUT2D eigenvalue weighted by Crippen LogP contribution is 2.52. The summed E-state index contributed by atoms with van der Waals surface area (Å²) >= 11 is 17.0. The Labute approximate surface area is 86.7 Å². The summed E-state index contributed by atoms with van der Waals surface area (Å²) in [5, 5.41) is 0. The summed E-state index contributed by atoms with van der Waals surface area (Å²) < 4.78 is 0.0473. The number of carbonyl (C=O) groups excluding carboxylic acids is 1. The SMILES string of the molecule is CC1(C)CC(=O)C1(Cl)C=C(Cl)Cl. The Kier molecular flexibility index (Phi) is 2.50. The fourth-order valence-electron chi connectivity index (χ4n) is 1.36. The molecule has 0 aliphatic heterocycles. The molecule has 1 rings (SSSR count). The van der Waals surface area contributed by atoms with Gasteiger partial charge in [-0.1, -0.05) is 37.0 Å². The van der Waals surface area contributed by atoms with Gasteiger partial charge in [-0.2, -0.15) is 0 Å². The second-order valence-corrected chi connectivity index (χ2v) is 5.23. The zero-order valence-electron chi connectivity index (χ0n) is 6.83.